The third kappa shape index (κ3) is 4.04. The molecular formula is C11H9F6NO2. The Kier molecular flexibility index (Phi) is 4.21. The van der Waals surface area contributed by atoms with Gasteiger partial charge in [-0.05, 0) is 25.1 Å². The Bertz CT molecular complexity index is 476. The lowest BCUT2D eigenvalue weighted by Gasteiger charge is -2.16. The van der Waals surface area contributed by atoms with Crippen LogP contribution in [-0.2, 0) is 17.1 Å². The van der Waals surface area contributed by atoms with Gasteiger partial charge in [-0.3, -0.25) is 4.79 Å². The number of nitrogens with one attached hydrogen (secondary N) is 1. The summed E-state index contributed by atoms with van der Waals surface area (Å²) in [5.41, 5.74) is -3.58. The van der Waals surface area contributed by atoms with Crippen LogP contribution in [0.25, 0.3) is 0 Å². The van der Waals surface area contributed by atoms with Crippen LogP contribution in [0, 0.1) is 0 Å². The zero-order valence-corrected chi connectivity index (χ0v) is 9.93. The van der Waals surface area contributed by atoms with Crippen molar-refractivity contribution >= 4 is 11.7 Å². The third-order valence-electron chi connectivity index (χ3n) is 2.34. The molecule has 0 aliphatic heterocycles. The Balaban J connectivity index is 3.28. The summed E-state index contributed by atoms with van der Waals surface area (Å²) in [5, 5.41) is 10.7. The topological polar surface area (TPSA) is 49.3 Å². The fourth-order valence-electron chi connectivity index (χ4n) is 1.35. The maximum atomic E-state index is 12.5. The summed E-state index contributed by atoms with van der Waals surface area (Å²) in [6, 6.07) is -0.514. The molecule has 0 amide bonds. The van der Waals surface area contributed by atoms with E-state index in [1.165, 1.54) is 0 Å². The molecule has 0 aliphatic carbocycles. The van der Waals surface area contributed by atoms with E-state index < -0.39 is 41.2 Å². The van der Waals surface area contributed by atoms with Crippen LogP contribution in [-0.4, -0.2) is 17.1 Å². The highest BCUT2D eigenvalue weighted by Crippen LogP contribution is 2.37. The van der Waals surface area contributed by atoms with Crippen LogP contribution >= 0.6 is 0 Å². The molecule has 1 aromatic carbocycles. The number of alkyl halides is 6. The molecule has 1 rings (SSSR count). The molecule has 0 saturated heterocycles. The van der Waals surface area contributed by atoms with Crippen molar-refractivity contribution in [3.8, 4) is 0 Å². The van der Waals surface area contributed by atoms with Crippen molar-refractivity contribution < 1.29 is 36.2 Å². The Morgan fingerprint density at radius 1 is 1.05 bits per heavy atom. The van der Waals surface area contributed by atoms with Crippen LogP contribution in [0.3, 0.4) is 0 Å². The van der Waals surface area contributed by atoms with Crippen LogP contribution < -0.4 is 5.32 Å². The van der Waals surface area contributed by atoms with E-state index in [2.05, 4.69) is 5.32 Å². The number of halogens is 6. The second-order valence-electron chi connectivity index (χ2n) is 4.00. The third-order valence-corrected chi connectivity index (χ3v) is 2.34. The van der Waals surface area contributed by atoms with E-state index in [1.54, 1.807) is 0 Å². The maximum Gasteiger partial charge on any atom is 0.416 e. The number of hydrogen-bond donors (Lipinski definition) is 2. The van der Waals surface area contributed by atoms with E-state index >= 15 is 0 Å². The van der Waals surface area contributed by atoms with Crippen LogP contribution in [0.5, 0.6) is 0 Å². The zero-order valence-electron chi connectivity index (χ0n) is 9.93. The monoisotopic (exact) mass is 301 g/mol. The van der Waals surface area contributed by atoms with Crippen LogP contribution in [0.2, 0.25) is 0 Å². The van der Waals surface area contributed by atoms with Crippen molar-refractivity contribution in [3.63, 3.8) is 0 Å². The number of aliphatic carboxylic acids is 1. The second-order valence-corrected chi connectivity index (χ2v) is 4.00. The van der Waals surface area contributed by atoms with Gasteiger partial charge < -0.3 is 10.4 Å². The van der Waals surface area contributed by atoms with Gasteiger partial charge >= 0.3 is 18.3 Å². The molecule has 112 valence electrons. The number of carboxylic acids is 1. The van der Waals surface area contributed by atoms with Gasteiger partial charge in [0.25, 0.3) is 0 Å². The predicted octanol–water partition coefficient (Wildman–Crippen LogP) is 3.61. The lowest BCUT2D eigenvalue weighted by Crippen LogP contribution is -2.26. The smallest absolute Gasteiger partial charge is 0.416 e. The highest BCUT2D eigenvalue weighted by molar-refractivity contribution is 5.76. The summed E-state index contributed by atoms with van der Waals surface area (Å²) in [4.78, 5) is 10.6. The molecular weight excluding hydrogens is 292 g/mol. The zero-order chi connectivity index (χ0) is 15.7. The summed E-state index contributed by atoms with van der Waals surface area (Å²) < 4.78 is 75.1. The molecule has 0 unspecified atom stereocenters. The van der Waals surface area contributed by atoms with E-state index in [0.717, 1.165) is 6.92 Å². The van der Waals surface area contributed by atoms with Crippen molar-refractivity contribution in [2.24, 2.45) is 0 Å². The molecule has 9 heteroatoms. The van der Waals surface area contributed by atoms with E-state index in [-0.39, 0.29) is 6.07 Å². The molecule has 1 atom stereocenters. The summed E-state index contributed by atoms with van der Waals surface area (Å²) >= 11 is 0. The average Bonchev–Trinajstić information content (AvgIpc) is 2.26. The highest BCUT2D eigenvalue weighted by Gasteiger charge is 2.37. The molecule has 0 heterocycles. The lowest BCUT2D eigenvalue weighted by atomic mass is 10.1. The van der Waals surface area contributed by atoms with Crippen LogP contribution in [0.1, 0.15) is 18.1 Å². The summed E-state index contributed by atoms with van der Waals surface area (Å²) in [7, 11) is 0. The van der Waals surface area contributed by atoms with Crippen LogP contribution in [0.15, 0.2) is 18.2 Å². The molecule has 3 nitrogen and oxygen atoms in total. The second kappa shape index (κ2) is 5.22. The number of benzene rings is 1. The number of carbonyl (C=O) groups is 1. The van der Waals surface area contributed by atoms with E-state index in [1.807, 2.05) is 0 Å². The molecule has 0 spiro atoms. The molecule has 0 fully saturated rings. The van der Waals surface area contributed by atoms with Crippen molar-refractivity contribution in [2.45, 2.75) is 25.3 Å². The van der Waals surface area contributed by atoms with Crippen molar-refractivity contribution in [1.29, 1.82) is 0 Å². The first kappa shape index (κ1) is 16.1. The average molecular weight is 301 g/mol. The van der Waals surface area contributed by atoms with Gasteiger partial charge in [0, 0.05) is 5.69 Å². The highest BCUT2D eigenvalue weighted by atomic mass is 19.4. The molecule has 0 aromatic heterocycles. The van der Waals surface area contributed by atoms with Gasteiger partial charge in [-0.15, -0.1) is 0 Å². The molecule has 2 N–H and O–H groups in total. The SMILES string of the molecule is C[C@H](Nc1cc(C(F)(F)F)cc(C(F)(F)F)c1)C(=O)O. The number of anilines is 1. The van der Waals surface area contributed by atoms with E-state index in [4.69, 9.17) is 5.11 Å². The Labute approximate surface area is 109 Å². The van der Waals surface area contributed by atoms with Gasteiger partial charge in [-0.25, -0.2) is 0 Å². The minimum absolute atomic E-state index is 0.0311. The molecule has 0 bridgehead atoms. The van der Waals surface area contributed by atoms with Crippen molar-refractivity contribution in [1.82, 2.24) is 0 Å². The van der Waals surface area contributed by atoms with Gasteiger partial charge in [0.15, 0.2) is 0 Å². The van der Waals surface area contributed by atoms with Gasteiger partial charge in [0.1, 0.15) is 6.04 Å². The standard InChI is InChI=1S/C11H9F6NO2/c1-5(9(19)20)18-8-3-6(10(12,13)14)2-7(4-8)11(15,16)17/h2-5,18H,1H3,(H,19,20)/t5-/m0/s1. The predicted molar refractivity (Wildman–Crippen MR) is 57.2 cm³/mol. The van der Waals surface area contributed by atoms with Crippen molar-refractivity contribution in [3.05, 3.63) is 29.3 Å². The molecule has 1 aromatic rings. The van der Waals surface area contributed by atoms with Gasteiger partial charge in [0.2, 0.25) is 0 Å². The molecule has 0 saturated carbocycles. The first-order valence-corrected chi connectivity index (χ1v) is 5.20. The first-order valence-electron chi connectivity index (χ1n) is 5.20. The van der Waals surface area contributed by atoms with E-state index in [9.17, 15) is 31.1 Å². The van der Waals surface area contributed by atoms with Gasteiger partial charge in [0.05, 0.1) is 11.1 Å². The summed E-state index contributed by atoms with van der Waals surface area (Å²) in [5.74, 6) is -1.41. The Morgan fingerprint density at radius 2 is 1.45 bits per heavy atom. The largest absolute Gasteiger partial charge is 0.480 e. The summed E-state index contributed by atoms with van der Waals surface area (Å²) in [6.07, 6.45) is -9.94. The fourth-order valence-corrected chi connectivity index (χ4v) is 1.35. The lowest BCUT2D eigenvalue weighted by molar-refractivity contribution is -0.143. The first-order chi connectivity index (χ1) is 8.91. The number of hydrogen-bond acceptors (Lipinski definition) is 2. The Morgan fingerprint density at radius 3 is 1.75 bits per heavy atom. The fraction of sp³-hybridized carbons (Fsp3) is 0.364. The van der Waals surface area contributed by atoms with Gasteiger partial charge in [-0.2, -0.15) is 26.3 Å². The van der Waals surface area contributed by atoms with Crippen molar-refractivity contribution in [2.75, 3.05) is 5.32 Å². The quantitative estimate of drug-likeness (QED) is 0.839. The Hall–Kier alpha value is -1.93. The molecule has 20 heavy (non-hydrogen) atoms. The van der Waals surface area contributed by atoms with Crippen LogP contribution in [0.4, 0.5) is 32.0 Å². The van der Waals surface area contributed by atoms with Gasteiger partial charge in [-0.1, -0.05) is 0 Å². The minimum atomic E-state index is -4.97. The number of rotatable bonds is 3. The normalized spacial score (nSPS) is 13.9. The number of carboxylic acid groups (broad SMARTS) is 1. The van der Waals surface area contributed by atoms with E-state index in [0.29, 0.717) is 12.1 Å². The molecule has 0 radical (unpaired) electrons. The maximum absolute atomic E-state index is 12.5. The molecule has 0 aliphatic rings. The summed E-state index contributed by atoms with van der Waals surface area (Å²) in [6.45, 7) is 1.09. The minimum Gasteiger partial charge on any atom is -0.480 e.